The Morgan fingerprint density at radius 3 is 3.12 bits per heavy atom. The molecule has 94 valence electrons. The number of benzene rings is 1. The number of unbranched alkanes of at least 4 members (excludes halogenated alkanes) is 1. The number of hydrogen-bond acceptors (Lipinski definition) is 2. The van der Waals surface area contributed by atoms with Crippen LogP contribution in [0.15, 0.2) is 18.2 Å². The van der Waals surface area contributed by atoms with E-state index in [0.717, 1.165) is 43.7 Å². The zero-order valence-corrected chi connectivity index (χ0v) is 10.3. The molecule has 1 atom stereocenters. The van der Waals surface area contributed by atoms with Crippen LogP contribution in [0.3, 0.4) is 0 Å². The number of rotatable bonds is 6. The first-order valence-corrected chi connectivity index (χ1v) is 6.45. The molecule has 1 N–H and O–H groups in total. The SMILES string of the molecule is CCNCCCCC1Cc2cc(F)ccc2O1. The fourth-order valence-corrected chi connectivity index (χ4v) is 2.25. The Morgan fingerprint density at radius 2 is 2.29 bits per heavy atom. The Morgan fingerprint density at radius 1 is 1.41 bits per heavy atom. The van der Waals surface area contributed by atoms with E-state index in [9.17, 15) is 4.39 Å². The Hall–Kier alpha value is -1.09. The summed E-state index contributed by atoms with van der Waals surface area (Å²) in [5.74, 6) is 0.697. The normalized spacial score (nSPS) is 17.9. The fraction of sp³-hybridized carbons (Fsp3) is 0.571. The average molecular weight is 237 g/mol. The third kappa shape index (κ3) is 3.43. The standard InChI is InChI=1S/C14H20FNO/c1-2-16-8-4-3-5-13-10-11-9-12(15)6-7-14(11)17-13/h6-7,9,13,16H,2-5,8,10H2,1H3. The van der Waals surface area contributed by atoms with Crippen molar-refractivity contribution in [2.45, 2.75) is 38.7 Å². The molecule has 0 bridgehead atoms. The summed E-state index contributed by atoms with van der Waals surface area (Å²) in [6.07, 6.45) is 4.50. The van der Waals surface area contributed by atoms with Crippen LogP contribution in [0.25, 0.3) is 0 Å². The molecule has 0 amide bonds. The van der Waals surface area contributed by atoms with Gasteiger partial charge in [0.2, 0.25) is 0 Å². The number of ether oxygens (including phenoxy) is 1. The molecule has 1 aliphatic heterocycles. The van der Waals surface area contributed by atoms with Crippen LogP contribution in [0.2, 0.25) is 0 Å². The van der Waals surface area contributed by atoms with Gasteiger partial charge in [-0.15, -0.1) is 0 Å². The summed E-state index contributed by atoms with van der Waals surface area (Å²) in [7, 11) is 0. The zero-order valence-electron chi connectivity index (χ0n) is 10.3. The van der Waals surface area contributed by atoms with Gasteiger partial charge in [-0.25, -0.2) is 4.39 Å². The van der Waals surface area contributed by atoms with Crippen LogP contribution < -0.4 is 10.1 Å². The van der Waals surface area contributed by atoms with E-state index in [1.54, 1.807) is 12.1 Å². The van der Waals surface area contributed by atoms with Crippen LogP contribution in [0.5, 0.6) is 5.75 Å². The lowest BCUT2D eigenvalue weighted by atomic mass is 10.1. The lowest BCUT2D eigenvalue weighted by molar-refractivity contribution is 0.216. The quantitative estimate of drug-likeness (QED) is 0.768. The van der Waals surface area contributed by atoms with Crippen molar-refractivity contribution in [3.63, 3.8) is 0 Å². The molecule has 0 aromatic heterocycles. The van der Waals surface area contributed by atoms with Crippen molar-refractivity contribution in [1.29, 1.82) is 0 Å². The van der Waals surface area contributed by atoms with Gasteiger partial charge >= 0.3 is 0 Å². The van der Waals surface area contributed by atoms with E-state index in [-0.39, 0.29) is 11.9 Å². The van der Waals surface area contributed by atoms with Gasteiger partial charge in [0.15, 0.2) is 0 Å². The molecular weight excluding hydrogens is 217 g/mol. The second-order valence-electron chi connectivity index (χ2n) is 4.55. The highest BCUT2D eigenvalue weighted by molar-refractivity contribution is 5.37. The van der Waals surface area contributed by atoms with E-state index < -0.39 is 0 Å². The van der Waals surface area contributed by atoms with Crippen molar-refractivity contribution >= 4 is 0 Å². The Balaban J connectivity index is 1.73. The van der Waals surface area contributed by atoms with Crippen LogP contribution in [0.4, 0.5) is 4.39 Å². The predicted molar refractivity (Wildman–Crippen MR) is 66.9 cm³/mol. The molecule has 1 unspecified atom stereocenters. The number of hydrogen-bond donors (Lipinski definition) is 1. The van der Waals surface area contributed by atoms with E-state index in [1.165, 1.54) is 12.5 Å². The molecule has 0 fully saturated rings. The van der Waals surface area contributed by atoms with Gasteiger partial charge in [0.05, 0.1) is 0 Å². The first-order chi connectivity index (χ1) is 8.29. The van der Waals surface area contributed by atoms with Gasteiger partial charge in [0.1, 0.15) is 17.7 Å². The van der Waals surface area contributed by atoms with Crippen molar-refractivity contribution in [2.75, 3.05) is 13.1 Å². The lowest BCUT2D eigenvalue weighted by Crippen LogP contribution is -2.16. The molecule has 1 heterocycles. The summed E-state index contributed by atoms with van der Waals surface area (Å²) in [5.41, 5.74) is 1.02. The Bertz CT molecular complexity index is 367. The fourth-order valence-electron chi connectivity index (χ4n) is 2.25. The monoisotopic (exact) mass is 237 g/mol. The second kappa shape index (κ2) is 6.01. The summed E-state index contributed by atoms with van der Waals surface area (Å²) in [4.78, 5) is 0. The Labute approximate surface area is 102 Å². The van der Waals surface area contributed by atoms with Gasteiger partial charge in [-0.1, -0.05) is 6.92 Å². The molecule has 2 rings (SSSR count). The number of nitrogens with one attached hydrogen (secondary N) is 1. The van der Waals surface area contributed by atoms with Crippen molar-refractivity contribution in [3.8, 4) is 5.75 Å². The van der Waals surface area contributed by atoms with Crippen molar-refractivity contribution in [2.24, 2.45) is 0 Å². The Kier molecular flexibility index (Phi) is 4.37. The van der Waals surface area contributed by atoms with Gasteiger partial charge in [-0.05, 0) is 50.6 Å². The lowest BCUT2D eigenvalue weighted by Gasteiger charge is -2.10. The molecule has 1 aliphatic rings. The van der Waals surface area contributed by atoms with Crippen LogP contribution >= 0.6 is 0 Å². The summed E-state index contributed by atoms with van der Waals surface area (Å²) in [6.45, 7) is 4.22. The van der Waals surface area contributed by atoms with Crippen molar-refractivity contribution in [1.82, 2.24) is 5.32 Å². The topological polar surface area (TPSA) is 21.3 Å². The second-order valence-corrected chi connectivity index (χ2v) is 4.55. The van der Waals surface area contributed by atoms with Crippen molar-refractivity contribution in [3.05, 3.63) is 29.6 Å². The number of halogens is 1. The largest absolute Gasteiger partial charge is 0.490 e. The first-order valence-electron chi connectivity index (χ1n) is 6.45. The average Bonchev–Trinajstić information content (AvgIpc) is 2.70. The van der Waals surface area contributed by atoms with E-state index in [1.807, 2.05) is 0 Å². The maximum absolute atomic E-state index is 13.0. The molecule has 0 saturated carbocycles. The molecule has 17 heavy (non-hydrogen) atoms. The molecular formula is C14H20FNO. The summed E-state index contributed by atoms with van der Waals surface area (Å²) < 4.78 is 18.8. The van der Waals surface area contributed by atoms with Crippen molar-refractivity contribution < 1.29 is 9.13 Å². The van der Waals surface area contributed by atoms with Gasteiger partial charge in [-0.3, -0.25) is 0 Å². The maximum atomic E-state index is 13.0. The van der Waals surface area contributed by atoms with E-state index in [0.29, 0.717) is 0 Å². The molecule has 1 aromatic carbocycles. The van der Waals surface area contributed by atoms with Crippen LogP contribution in [0, 0.1) is 5.82 Å². The zero-order chi connectivity index (χ0) is 12.1. The minimum Gasteiger partial charge on any atom is -0.490 e. The van der Waals surface area contributed by atoms with Crippen LogP contribution in [0.1, 0.15) is 31.7 Å². The molecule has 0 aliphatic carbocycles. The third-order valence-corrected chi connectivity index (χ3v) is 3.14. The highest BCUT2D eigenvalue weighted by atomic mass is 19.1. The summed E-state index contributed by atoms with van der Waals surface area (Å²) in [6, 6.07) is 4.80. The van der Waals surface area contributed by atoms with Gasteiger partial charge in [0, 0.05) is 12.0 Å². The minimum absolute atomic E-state index is 0.167. The highest BCUT2D eigenvalue weighted by Gasteiger charge is 2.22. The first kappa shape index (κ1) is 12.4. The van der Waals surface area contributed by atoms with E-state index in [4.69, 9.17) is 4.74 Å². The molecule has 1 aromatic rings. The maximum Gasteiger partial charge on any atom is 0.123 e. The predicted octanol–water partition coefficient (Wildman–Crippen LogP) is 2.91. The van der Waals surface area contributed by atoms with Crippen LogP contribution in [-0.4, -0.2) is 19.2 Å². The summed E-state index contributed by atoms with van der Waals surface area (Å²) in [5, 5.41) is 3.31. The van der Waals surface area contributed by atoms with Gasteiger partial charge in [0.25, 0.3) is 0 Å². The number of fused-ring (bicyclic) bond motifs is 1. The molecule has 2 nitrogen and oxygen atoms in total. The van der Waals surface area contributed by atoms with Crippen LogP contribution in [-0.2, 0) is 6.42 Å². The smallest absolute Gasteiger partial charge is 0.123 e. The van der Waals surface area contributed by atoms with Gasteiger partial charge < -0.3 is 10.1 Å². The molecule has 3 heteroatoms. The molecule has 0 spiro atoms. The molecule has 0 saturated heterocycles. The highest BCUT2D eigenvalue weighted by Crippen LogP contribution is 2.30. The van der Waals surface area contributed by atoms with E-state index in [2.05, 4.69) is 12.2 Å². The molecule has 0 radical (unpaired) electrons. The minimum atomic E-state index is -0.167. The van der Waals surface area contributed by atoms with E-state index >= 15 is 0 Å². The van der Waals surface area contributed by atoms with Gasteiger partial charge in [-0.2, -0.15) is 0 Å². The third-order valence-electron chi connectivity index (χ3n) is 3.14. The summed E-state index contributed by atoms with van der Waals surface area (Å²) >= 11 is 0.